The van der Waals surface area contributed by atoms with Crippen LogP contribution in [0, 0.1) is 19.8 Å². The Morgan fingerprint density at radius 2 is 1.76 bits per heavy atom. The Hall–Kier alpha value is -3.15. The van der Waals surface area contributed by atoms with E-state index >= 15 is 0 Å². The highest BCUT2D eigenvalue weighted by Crippen LogP contribution is 2.27. The second kappa shape index (κ2) is 8.47. The highest BCUT2D eigenvalue weighted by molar-refractivity contribution is 6.03. The summed E-state index contributed by atoms with van der Waals surface area (Å²) in [5.74, 6) is -1.08. The number of anilines is 2. The van der Waals surface area contributed by atoms with Crippen molar-refractivity contribution in [3.8, 4) is 0 Å². The molecular formula is C23H26N2O4. The van der Waals surface area contributed by atoms with Crippen molar-refractivity contribution in [2.45, 2.75) is 40.2 Å². The number of nitrogens with zero attached hydrogens (tertiary/aromatic N) is 1. The fraction of sp³-hybridized carbons (Fsp3) is 0.348. The Bertz CT molecular complexity index is 934. The first-order valence-corrected chi connectivity index (χ1v) is 9.74. The standard InChI is InChI=1S/C23H26N2O4/c1-14(2)29-23(28)17-6-8-19(9-7-17)24-22(27)18-12-21(26)25(13-18)20-10-5-15(3)16(4)11-20/h5-11,14,18H,12-13H2,1-4H3,(H,24,27)/t18-/m1/s1. The van der Waals surface area contributed by atoms with Crippen LogP contribution >= 0.6 is 0 Å². The van der Waals surface area contributed by atoms with Crippen LogP contribution in [0.1, 0.15) is 41.8 Å². The summed E-state index contributed by atoms with van der Waals surface area (Å²) in [6.45, 7) is 7.96. The van der Waals surface area contributed by atoms with Crippen LogP contribution in [0.2, 0.25) is 0 Å². The van der Waals surface area contributed by atoms with Gasteiger partial charge < -0.3 is 15.0 Å². The number of carbonyl (C=O) groups excluding carboxylic acids is 3. The predicted octanol–water partition coefficient (Wildman–Crippen LogP) is 3.86. The summed E-state index contributed by atoms with van der Waals surface area (Å²) >= 11 is 0. The van der Waals surface area contributed by atoms with Crippen molar-refractivity contribution in [3.05, 3.63) is 59.2 Å². The van der Waals surface area contributed by atoms with Crippen LogP contribution in [0.3, 0.4) is 0 Å². The molecule has 1 saturated heterocycles. The van der Waals surface area contributed by atoms with Gasteiger partial charge in [-0.2, -0.15) is 0 Å². The molecule has 1 aliphatic heterocycles. The molecule has 1 aliphatic rings. The van der Waals surface area contributed by atoms with Gasteiger partial charge in [0.25, 0.3) is 0 Å². The zero-order valence-electron chi connectivity index (χ0n) is 17.2. The second-order valence-corrected chi connectivity index (χ2v) is 7.69. The fourth-order valence-corrected chi connectivity index (χ4v) is 3.24. The zero-order valence-corrected chi connectivity index (χ0v) is 17.2. The lowest BCUT2D eigenvalue weighted by Gasteiger charge is -2.18. The minimum Gasteiger partial charge on any atom is -0.459 e. The zero-order chi connectivity index (χ0) is 21.1. The van der Waals surface area contributed by atoms with Crippen molar-refractivity contribution < 1.29 is 19.1 Å². The van der Waals surface area contributed by atoms with E-state index in [1.54, 1.807) is 43.0 Å². The van der Waals surface area contributed by atoms with Crippen molar-refractivity contribution in [1.29, 1.82) is 0 Å². The molecule has 1 heterocycles. The molecule has 0 unspecified atom stereocenters. The number of ether oxygens (including phenoxy) is 1. The first-order valence-electron chi connectivity index (χ1n) is 9.74. The van der Waals surface area contributed by atoms with Gasteiger partial charge in [-0.1, -0.05) is 6.07 Å². The lowest BCUT2D eigenvalue weighted by Crippen LogP contribution is -2.28. The van der Waals surface area contributed by atoms with Crippen LogP contribution in [-0.2, 0) is 14.3 Å². The van der Waals surface area contributed by atoms with E-state index in [1.807, 2.05) is 32.0 Å². The molecule has 29 heavy (non-hydrogen) atoms. The molecule has 0 saturated carbocycles. The number of aryl methyl sites for hydroxylation is 2. The molecule has 1 N–H and O–H groups in total. The number of rotatable bonds is 5. The second-order valence-electron chi connectivity index (χ2n) is 7.69. The van der Waals surface area contributed by atoms with Crippen molar-refractivity contribution in [2.24, 2.45) is 5.92 Å². The number of esters is 1. The maximum atomic E-state index is 12.6. The van der Waals surface area contributed by atoms with E-state index in [4.69, 9.17) is 4.74 Å². The lowest BCUT2D eigenvalue weighted by atomic mass is 10.1. The molecule has 1 fully saturated rings. The monoisotopic (exact) mass is 394 g/mol. The summed E-state index contributed by atoms with van der Waals surface area (Å²) in [4.78, 5) is 38.6. The Balaban J connectivity index is 1.63. The molecule has 1 atom stereocenters. The number of benzene rings is 2. The van der Waals surface area contributed by atoms with Gasteiger partial charge in [-0.05, 0) is 75.2 Å². The van der Waals surface area contributed by atoms with Gasteiger partial charge in [0.1, 0.15) is 0 Å². The molecular weight excluding hydrogens is 368 g/mol. The van der Waals surface area contributed by atoms with E-state index < -0.39 is 11.9 Å². The summed E-state index contributed by atoms with van der Waals surface area (Å²) in [6, 6.07) is 12.4. The first kappa shape index (κ1) is 20.6. The van der Waals surface area contributed by atoms with Gasteiger partial charge in [-0.3, -0.25) is 9.59 Å². The minimum absolute atomic E-state index is 0.0554. The van der Waals surface area contributed by atoms with E-state index in [9.17, 15) is 14.4 Å². The normalized spacial score (nSPS) is 16.2. The molecule has 0 aliphatic carbocycles. The summed E-state index contributed by atoms with van der Waals surface area (Å²) in [5, 5.41) is 2.83. The van der Waals surface area contributed by atoms with Crippen LogP contribution in [0.15, 0.2) is 42.5 Å². The smallest absolute Gasteiger partial charge is 0.338 e. The van der Waals surface area contributed by atoms with Gasteiger partial charge in [0.15, 0.2) is 0 Å². The molecule has 2 amide bonds. The third-order valence-corrected chi connectivity index (χ3v) is 5.03. The summed E-state index contributed by atoms with van der Waals surface area (Å²) in [5.41, 5.74) is 4.10. The number of amides is 2. The largest absolute Gasteiger partial charge is 0.459 e. The third-order valence-electron chi connectivity index (χ3n) is 5.03. The number of hydrogen-bond acceptors (Lipinski definition) is 4. The molecule has 0 bridgehead atoms. The average Bonchev–Trinajstić information content (AvgIpc) is 3.06. The number of hydrogen-bond donors (Lipinski definition) is 1. The Morgan fingerprint density at radius 3 is 2.38 bits per heavy atom. The molecule has 0 radical (unpaired) electrons. The topological polar surface area (TPSA) is 75.7 Å². The van der Waals surface area contributed by atoms with E-state index in [0.717, 1.165) is 16.8 Å². The lowest BCUT2D eigenvalue weighted by molar-refractivity contribution is -0.122. The summed E-state index contributed by atoms with van der Waals surface area (Å²) < 4.78 is 5.15. The average molecular weight is 394 g/mol. The van der Waals surface area contributed by atoms with E-state index in [2.05, 4.69) is 5.32 Å². The van der Waals surface area contributed by atoms with Crippen LogP contribution in [0.5, 0.6) is 0 Å². The van der Waals surface area contributed by atoms with Gasteiger partial charge in [0.05, 0.1) is 17.6 Å². The Labute approximate surface area is 170 Å². The molecule has 6 nitrogen and oxygen atoms in total. The maximum absolute atomic E-state index is 12.6. The van der Waals surface area contributed by atoms with Crippen molar-refractivity contribution >= 4 is 29.2 Å². The fourth-order valence-electron chi connectivity index (χ4n) is 3.24. The van der Waals surface area contributed by atoms with Gasteiger partial charge in [0.2, 0.25) is 11.8 Å². The van der Waals surface area contributed by atoms with Crippen molar-refractivity contribution in [2.75, 3.05) is 16.8 Å². The highest BCUT2D eigenvalue weighted by atomic mass is 16.5. The van der Waals surface area contributed by atoms with Crippen LogP contribution < -0.4 is 10.2 Å². The van der Waals surface area contributed by atoms with Gasteiger partial charge >= 0.3 is 5.97 Å². The molecule has 0 spiro atoms. The van der Waals surface area contributed by atoms with Gasteiger partial charge in [0, 0.05) is 24.3 Å². The maximum Gasteiger partial charge on any atom is 0.338 e. The summed E-state index contributed by atoms with van der Waals surface area (Å²) in [7, 11) is 0. The highest BCUT2D eigenvalue weighted by Gasteiger charge is 2.35. The molecule has 6 heteroatoms. The predicted molar refractivity (Wildman–Crippen MR) is 112 cm³/mol. The third kappa shape index (κ3) is 4.83. The van der Waals surface area contributed by atoms with Crippen LogP contribution in [-0.4, -0.2) is 30.4 Å². The molecule has 2 aromatic rings. The Morgan fingerprint density at radius 1 is 1.07 bits per heavy atom. The molecule has 3 rings (SSSR count). The Kier molecular flexibility index (Phi) is 6.01. The van der Waals surface area contributed by atoms with Crippen LogP contribution in [0.25, 0.3) is 0 Å². The van der Waals surface area contributed by atoms with Crippen molar-refractivity contribution in [1.82, 2.24) is 0 Å². The van der Waals surface area contributed by atoms with Gasteiger partial charge in [-0.25, -0.2) is 4.79 Å². The van der Waals surface area contributed by atoms with E-state index in [0.29, 0.717) is 17.8 Å². The molecule has 152 valence electrons. The number of carbonyl (C=O) groups is 3. The minimum atomic E-state index is -0.422. The molecule has 2 aromatic carbocycles. The van der Waals surface area contributed by atoms with Gasteiger partial charge in [-0.15, -0.1) is 0 Å². The number of nitrogens with one attached hydrogen (secondary N) is 1. The first-order chi connectivity index (χ1) is 13.7. The van der Waals surface area contributed by atoms with Crippen LogP contribution in [0.4, 0.5) is 11.4 Å². The SMILES string of the molecule is Cc1ccc(N2C[C@H](C(=O)Nc3ccc(C(=O)OC(C)C)cc3)CC2=O)cc1C. The quantitative estimate of drug-likeness (QED) is 0.782. The molecule has 0 aromatic heterocycles. The van der Waals surface area contributed by atoms with E-state index in [1.165, 1.54) is 0 Å². The summed E-state index contributed by atoms with van der Waals surface area (Å²) in [6.07, 6.45) is -0.0144. The van der Waals surface area contributed by atoms with Crippen molar-refractivity contribution in [3.63, 3.8) is 0 Å². The van der Waals surface area contributed by atoms with E-state index in [-0.39, 0.29) is 24.3 Å².